The molecule has 0 bridgehead atoms. The molecular formula is C12H16N4O3. The molecule has 1 aliphatic heterocycles. The van der Waals surface area contributed by atoms with E-state index in [9.17, 15) is 10.2 Å². The fraction of sp³-hybridized carbons (Fsp3) is 0.667. The zero-order valence-corrected chi connectivity index (χ0v) is 11.0. The van der Waals surface area contributed by atoms with Crippen molar-refractivity contribution in [3.05, 3.63) is 12.0 Å². The van der Waals surface area contributed by atoms with E-state index in [1.54, 1.807) is 20.8 Å². The summed E-state index contributed by atoms with van der Waals surface area (Å²) in [6, 6.07) is 1.86. The lowest BCUT2D eigenvalue weighted by molar-refractivity contribution is -0.105. The van der Waals surface area contributed by atoms with Gasteiger partial charge in [0.2, 0.25) is 0 Å². The average molecular weight is 264 g/mol. The number of aliphatic hydroxyl groups is 2. The van der Waals surface area contributed by atoms with Crippen LogP contribution in [0.1, 0.15) is 32.7 Å². The van der Waals surface area contributed by atoms with Gasteiger partial charge in [-0.15, -0.1) is 0 Å². The highest BCUT2D eigenvalue weighted by atomic mass is 16.6. The second kappa shape index (κ2) is 3.10. The third kappa shape index (κ3) is 0.994. The fourth-order valence-electron chi connectivity index (χ4n) is 3.51. The number of nitriles is 1. The molecule has 2 aliphatic rings. The first-order valence-electron chi connectivity index (χ1n) is 6.06. The molecule has 1 aromatic heterocycles. The number of hydrogen-bond acceptors (Lipinski definition) is 6. The minimum absolute atomic E-state index is 0.0775. The van der Waals surface area contributed by atoms with Crippen molar-refractivity contribution in [1.29, 1.82) is 5.26 Å². The number of aromatic nitrogens is 2. The van der Waals surface area contributed by atoms with Crippen LogP contribution in [0.2, 0.25) is 0 Å². The van der Waals surface area contributed by atoms with E-state index in [0.717, 1.165) is 0 Å². The first-order valence-corrected chi connectivity index (χ1v) is 6.06. The van der Waals surface area contributed by atoms with Gasteiger partial charge in [0.1, 0.15) is 29.4 Å². The third-order valence-electron chi connectivity index (χ3n) is 4.89. The van der Waals surface area contributed by atoms with Crippen LogP contribution in [0, 0.1) is 16.7 Å². The summed E-state index contributed by atoms with van der Waals surface area (Å²) in [6.45, 7) is 5.26. The van der Waals surface area contributed by atoms with Crippen LogP contribution in [0.4, 0.5) is 5.82 Å². The first-order chi connectivity index (χ1) is 8.73. The number of ether oxygens (including phenoxy) is 1. The van der Waals surface area contributed by atoms with Crippen molar-refractivity contribution in [1.82, 2.24) is 9.55 Å². The van der Waals surface area contributed by atoms with Crippen molar-refractivity contribution >= 4 is 5.82 Å². The number of hydrogen-bond donors (Lipinski definition) is 3. The molecule has 3 rings (SSSR count). The molecule has 0 amide bonds. The van der Waals surface area contributed by atoms with Crippen molar-refractivity contribution in [2.75, 3.05) is 5.73 Å². The Morgan fingerprint density at radius 2 is 2.11 bits per heavy atom. The van der Waals surface area contributed by atoms with Crippen LogP contribution in [0.5, 0.6) is 0 Å². The van der Waals surface area contributed by atoms with Crippen molar-refractivity contribution in [3.63, 3.8) is 0 Å². The minimum atomic E-state index is -1.44. The smallest absolute Gasteiger partial charge is 0.182 e. The molecule has 0 spiro atoms. The molecule has 7 heteroatoms. The number of anilines is 1. The Hall–Kier alpha value is -1.62. The summed E-state index contributed by atoms with van der Waals surface area (Å²) in [7, 11) is 0. The third-order valence-corrected chi connectivity index (χ3v) is 4.89. The molecule has 19 heavy (non-hydrogen) atoms. The lowest BCUT2D eigenvalue weighted by Gasteiger charge is -2.26. The maximum Gasteiger partial charge on any atom is 0.182 e. The van der Waals surface area contributed by atoms with Crippen molar-refractivity contribution in [3.8, 4) is 6.07 Å². The van der Waals surface area contributed by atoms with Gasteiger partial charge in [-0.3, -0.25) is 4.57 Å². The highest BCUT2D eigenvalue weighted by Crippen LogP contribution is 2.75. The topological polar surface area (TPSA) is 117 Å². The van der Waals surface area contributed by atoms with Gasteiger partial charge < -0.3 is 20.7 Å². The summed E-state index contributed by atoms with van der Waals surface area (Å²) >= 11 is 0. The van der Waals surface area contributed by atoms with Gasteiger partial charge >= 0.3 is 0 Å². The molecule has 4 atom stereocenters. The lowest BCUT2D eigenvalue weighted by Crippen LogP contribution is -2.31. The number of fused-ring (bicyclic) bond motifs is 1. The van der Waals surface area contributed by atoms with Crippen LogP contribution in [0.3, 0.4) is 0 Å². The zero-order chi connectivity index (χ0) is 14.2. The van der Waals surface area contributed by atoms with E-state index in [0.29, 0.717) is 0 Å². The summed E-state index contributed by atoms with van der Waals surface area (Å²) < 4.78 is 7.03. The van der Waals surface area contributed by atoms with Crippen LogP contribution in [-0.4, -0.2) is 37.1 Å². The molecule has 1 aliphatic carbocycles. The van der Waals surface area contributed by atoms with Gasteiger partial charge in [0.05, 0.1) is 6.10 Å². The van der Waals surface area contributed by atoms with E-state index in [1.165, 1.54) is 10.9 Å². The molecule has 0 unspecified atom stereocenters. The van der Waals surface area contributed by atoms with Crippen molar-refractivity contribution in [2.24, 2.45) is 5.41 Å². The van der Waals surface area contributed by atoms with E-state index >= 15 is 0 Å². The Labute approximate surface area is 110 Å². The highest BCUT2D eigenvalue weighted by Gasteiger charge is 2.92. The van der Waals surface area contributed by atoms with Crippen LogP contribution in [-0.2, 0) is 4.74 Å². The SMILES string of the molecule is C[C@H]1O[C@@H](n2cnc(C#N)c2N)[C@@]2(O)C(C)(C)[C@@]12O. The lowest BCUT2D eigenvalue weighted by atomic mass is 10.0. The molecule has 102 valence electrons. The minimum Gasteiger partial charge on any atom is -0.383 e. The molecule has 1 aromatic rings. The molecule has 0 aromatic carbocycles. The summed E-state index contributed by atoms with van der Waals surface area (Å²) in [4.78, 5) is 3.86. The molecular weight excluding hydrogens is 248 g/mol. The monoisotopic (exact) mass is 264 g/mol. The summed E-state index contributed by atoms with van der Waals surface area (Å²) in [5.41, 5.74) is 2.41. The molecule has 2 heterocycles. The predicted octanol–water partition coefficient (Wildman–Crippen LogP) is -0.244. The van der Waals surface area contributed by atoms with E-state index in [-0.39, 0.29) is 11.5 Å². The molecule has 0 radical (unpaired) electrons. The zero-order valence-electron chi connectivity index (χ0n) is 11.0. The molecule has 7 nitrogen and oxygen atoms in total. The largest absolute Gasteiger partial charge is 0.383 e. The van der Waals surface area contributed by atoms with Gasteiger partial charge in [0.25, 0.3) is 0 Å². The molecule has 4 N–H and O–H groups in total. The highest BCUT2D eigenvalue weighted by molar-refractivity contribution is 5.47. The van der Waals surface area contributed by atoms with Gasteiger partial charge in [0, 0.05) is 5.41 Å². The van der Waals surface area contributed by atoms with Crippen LogP contribution in [0.25, 0.3) is 0 Å². The Kier molecular flexibility index (Phi) is 2.02. The van der Waals surface area contributed by atoms with E-state index in [1.807, 2.05) is 6.07 Å². The number of nitrogens with two attached hydrogens (primary N) is 1. The average Bonchev–Trinajstić information content (AvgIpc) is 2.67. The second-order valence-corrected chi connectivity index (χ2v) is 5.79. The number of nitrogen functional groups attached to an aromatic ring is 1. The van der Waals surface area contributed by atoms with Crippen molar-refractivity contribution in [2.45, 2.75) is 44.3 Å². The number of rotatable bonds is 1. The van der Waals surface area contributed by atoms with E-state index in [4.69, 9.17) is 15.7 Å². The Bertz CT molecular complexity index is 605. The molecule has 1 saturated heterocycles. The Balaban J connectivity index is 2.09. The number of imidazole rings is 1. The molecule has 1 saturated carbocycles. The summed E-state index contributed by atoms with van der Waals surface area (Å²) in [5.74, 6) is 0.125. The number of nitrogens with zero attached hydrogens (tertiary/aromatic N) is 3. The maximum atomic E-state index is 10.8. The predicted molar refractivity (Wildman–Crippen MR) is 64.6 cm³/mol. The van der Waals surface area contributed by atoms with E-state index < -0.39 is 28.9 Å². The molecule has 2 fully saturated rings. The second-order valence-electron chi connectivity index (χ2n) is 5.79. The van der Waals surface area contributed by atoms with Gasteiger partial charge in [-0.1, -0.05) is 13.8 Å². The van der Waals surface area contributed by atoms with Gasteiger partial charge in [-0.25, -0.2) is 4.98 Å². The quantitative estimate of drug-likeness (QED) is 0.644. The standard InChI is InChI=1S/C12H16N4O3/c1-6-11(17)10(2,3)12(11,18)9(19-6)16-5-15-7(4-13)8(16)14/h5-6,9,17-18H,14H2,1-3H3/t6-,9-,11+,12-/m1/s1. The summed E-state index contributed by atoms with van der Waals surface area (Å²) in [5, 5.41) is 30.2. The van der Waals surface area contributed by atoms with Gasteiger partial charge in [-0.2, -0.15) is 5.26 Å². The normalized spacial score (nSPS) is 42.7. The Morgan fingerprint density at radius 3 is 2.53 bits per heavy atom. The van der Waals surface area contributed by atoms with Crippen molar-refractivity contribution < 1.29 is 14.9 Å². The fourth-order valence-corrected chi connectivity index (χ4v) is 3.51. The summed E-state index contributed by atoms with van der Waals surface area (Å²) in [6.07, 6.45) is -0.0365. The maximum absolute atomic E-state index is 10.8. The Morgan fingerprint density at radius 1 is 1.47 bits per heavy atom. The van der Waals surface area contributed by atoms with E-state index in [2.05, 4.69) is 4.98 Å². The van der Waals surface area contributed by atoms with Crippen LogP contribution >= 0.6 is 0 Å². The van der Waals surface area contributed by atoms with Gasteiger partial charge in [0.15, 0.2) is 11.9 Å². The first kappa shape index (κ1) is 12.4. The van der Waals surface area contributed by atoms with Crippen LogP contribution < -0.4 is 5.73 Å². The van der Waals surface area contributed by atoms with Crippen LogP contribution in [0.15, 0.2) is 6.33 Å². The van der Waals surface area contributed by atoms with Gasteiger partial charge in [-0.05, 0) is 6.92 Å².